The average Bonchev–Trinajstić information content (AvgIpc) is 2.94. The van der Waals surface area contributed by atoms with Crippen molar-refractivity contribution in [2.75, 3.05) is 5.32 Å². The molecule has 0 aliphatic heterocycles. The summed E-state index contributed by atoms with van der Waals surface area (Å²) in [6, 6.07) is 6.76. The van der Waals surface area contributed by atoms with Crippen molar-refractivity contribution < 1.29 is 0 Å². The molecule has 0 radical (unpaired) electrons. The molecule has 1 aromatic carbocycles. The van der Waals surface area contributed by atoms with Crippen LogP contribution in [-0.4, -0.2) is 4.98 Å². The third-order valence-corrected chi connectivity index (χ3v) is 4.15. The number of aromatic nitrogens is 1. The van der Waals surface area contributed by atoms with E-state index >= 15 is 0 Å². The summed E-state index contributed by atoms with van der Waals surface area (Å²) in [5, 5.41) is 4.61. The SMILES string of the molecule is Cc1ncc(CNc2ccc3c(c2)CCC3)s1. The Bertz CT molecular complexity index is 531. The summed E-state index contributed by atoms with van der Waals surface area (Å²) in [7, 11) is 0. The number of benzene rings is 1. The number of thiazole rings is 1. The van der Waals surface area contributed by atoms with Crippen LogP contribution >= 0.6 is 11.3 Å². The molecule has 0 unspecified atom stereocenters. The van der Waals surface area contributed by atoms with Gasteiger partial charge in [-0.15, -0.1) is 11.3 Å². The second kappa shape index (κ2) is 4.49. The van der Waals surface area contributed by atoms with E-state index in [4.69, 9.17) is 0 Å². The number of aryl methyl sites for hydroxylation is 3. The van der Waals surface area contributed by atoms with E-state index in [9.17, 15) is 0 Å². The zero-order valence-corrected chi connectivity index (χ0v) is 10.8. The molecular formula is C14H16N2S. The fraction of sp³-hybridized carbons (Fsp3) is 0.357. The van der Waals surface area contributed by atoms with Gasteiger partial charge in [-0.2, -0.15) is 0 Å². The number of rotatable bonds is 3. The van der Waals surface area contributed by atoms with Crippen LogP contribution < -0.4 is 5.32 Å². The van der Waals surface area contributed by atoms with Crippen LogP contribution in [0.3, 0.4) is 0 Å². The van der Waals surface area contributed by atoms with Crippen LogP contribution in [0.2, 0.25) is 0 Å². The number of hydrogen-bond acceptors (Lipinski definition) is 3. The highest BCUT2D eigenvalue weighted by atomic mass is 32.1. The minimum Gasteiger partial charge on any atom is -0.380 e. The van der Waals surface area contributed by atoms with Crippen LogP contribution in [-0.2, 0) is 19.4 Å². The van der Waals surface area contributed by atoms with Crippen molar-refractivity contribution in [3.8, 4) is 0 Å². The summed E-state index contributed by atoms with van der Waals surface area (Å²) < 4.78 is 0. The molecule has 0 saturated carbocycles. The van der Waals surface area contributed by atoms with Gasteiger partial charge in [0.25, 0.3) is 0 Å². The van der Waals surface area contributed by atoms with Gasteiger partial charge < -0.3 is 5.32 Å². The molecule has 0 atom stereocenters. The molecule has 1 aromatic heterocycles. The molecule has 0 saturated heterocycles. The molecule has 3 heteroatoms. The van der Waals surface area contributed by atoms with Gasteiger partial charge in [0, 0.05) is 16.8 Å². The molecule has 1 N–H and O–H groups in total. The van der Waals surface area contributed by atoms with Gasteiger partial charge in [0.05, 0.1) is 11.6 Å². The largest absolute Gasteiger partial charge is 0.380 e. The minimum absolute atomic E-state index is 0.879. The second-order valence-electron chi connectivity index (χ2n) is 4.54. The topological polar surface area (TPSA) is 24.9 Å². The van der Waals surface area contributed by atoms with E-state index in [1.54, 1.807) is 11.3 Å². The lowest BCUT2D eigenvalue weighted by molar-refractivity contribution is 0.912. The molecule has 0 fully saturated rings. The van der Waals surface area contributed by atoms with Gasteiger partial charge in [-0.05, 0) is 49.4 Å². The maximum absolute atomic E-state index is 4.27. The molecule has 1 heterocycles. The lowest BCUT2D eigenvalue weighted by Crippen LogP contribution is -1.98. The van der Waals surface area contributed by atoms with Crippen LogP contribution in [0.25, 0.3) is 0 Å². The van der Waals surface area contributed by atoms with E-state index in [1.165, 1.54) is 41.0 Å². The van der Waals surface area contributed by atoms with E-state index < -0.39 is 0 Å². The molecule has 1 aliphatic rings. The van der Waals surface area contributed by atoms with Crippen LogP contribution in [0.4, 0.5) is 5.69 Å². The first-order chi connectivity index (χ1) is 8.31. The van der Waals surface area contributed by atoms with E-state index in [2.05, 4.69) is 28.5 Å². The van der Waals surface area contributed by atoms with Crippen molar-refractivity contribution in [2.45, 2.75) is 32.7 Å². The fourth-order valence-electron chi connectivity index (χ4n) is 2.36. The Morgan fingerprint density at radius 1 is 1.29 bits per heavy atom. The van der Waals surface area contributed by atoms with E-state index in [0.29, 0.717) is 0 Å². The highest BCUT2D eigenvalue weighted by Crippen LogP contribution is 2.25. The first-order valence-corrected chi connectivity index (χ1v) is 6.90. The fourth-order valence-corrected chi connectivity index (χ4v) is 3.09. The molecule has 0 spiro atoms. The lowest BCUT2D eigenvalue weighted by atomic mass is 10.1. The molecule has 2 nitrogen and oxygen atoms in total. The number of nitrogens with one attached hydrogen (secondary N) is 1. The van der Waals surface area contributed by atoms with Crippen molar-refractivity contribution in [2.24, 2.45) is 0 Å². The summed E-state index contributed by atoms with van der Waals surface area (Å²) in [6.45, 7) is 2.92. The lowest BCUT2D eigenvalue weighted by Gasteiger charge is -2.07. The number of hydrogen-bond donors (Lipinski definition) is 1. The second-order valence-corrected chi connectivity index (χ2v) is 5.86. The van der Waals surface area contributed by atoms with Crippen LogP contribution in [0.5, 0.6) is 0 Å². The molecule has 0 amide bonds. The van der Waals surface area contributed by atoms with Gasteiger partial charge in [-0.3, -0.25) is 0 Å². The Labute approximate surface area is 106 Å². The van der Waals surface area contributed by atoms with Crippen molar-refractivity contribution in [1.82, 2.24) is 4.98 Å². The minimum atomic E-state index is 0.879. The quantitative estimate of drug-likeness (QED) is 0.893. The van der Waals surface area contributed by atoms with E-state index in [-0.39, 0.29) is 0 Å². The van der Waals surface area contributed by atoms with E-state index in [0.717, 1.165) is 11.6 Å². The number of anilines is 1. The third kappa shape index (κ3) is 2.34. The smallest absolute Gasteiger partial charge is 0.0897 e. The van der Waals surface area contributed by atoms with Gasteiger partial charge in [-0.1, -0.05) is 6.07 Å². The summed E-state index contributed by atoms with van der Waals surface area (Å²) >= 11 is 1.76. The Balaban J connectivity index is 1.69. The summed E-state index contributed by atoms with van der Waals surface area (Å²) in [4.78, 5) is 5.56. The van der Waals surface area contributed by atoms with Gasteiger partial charge in [-0.25, -0.2) is 4.98 Å². The molecule has 0 bridgehead atoms. The summed E-state index contributed by atoms with van der Waals surface area (Å²) in [6.07, 6.45) is 5.77. The molecule has 2 aromatic rings. The maximum Gasteiger partial charge on any atom is 0.0897 e. The Morgan fingerprint density at radius 2 is 2.18 bits per heavy atom. The molecule has 17 heavy (non-hydrogen) atoms. The zero-order chi connectivity index (χ0) is 11.7. The zero-order valence-electron chi connectivity index (χ0n) is 9.99. The standard InChI is InChI=1S/C14H16N2S/c1-10-15-8-14(17-10)9-16-13-6-5-11-3-2-4-12(11)7-13/h5-8,16H,2-4,9H2,1H3. The predicted octanol–water partition coefficient (Wildman–Crippen LogP) is 3.55. The molecule has 1 aliphatic carbocycles. The summed E-state index contributed by atoms with van der Waals surface area (Å²) in [5.74, 6) is 0. The van der Waals surface area contributed by atoms with Crippen molar-refractivity contribution in [3.05, 3.63) is 45.4 Å². The Kier molecular flexibility index (Phi) is 2.85. The van der Waals surface area contributed by atoms with Gasteiger partial charge in [0.15, 0.2) is 0 Å². The molecule has 88 valence electrons. The van der Waals surface area contributed by atoms with Crippen LogP contribution in [0.1, 0.15) is 27.4 Å². The van der Waals surface area contributed by atoms with Gasteiger partial charge >= 0.3 is 0 Å². The van der Waals surface area contributed by atoms with E-state index in [1.807, 2.05) is 13.1 Å². The van der Waals surface area contributed by atoms with Crippen LogP contribution in [0, 0.1) is 6.92 Å². The van der Waals surface area contributed by atoms with Crippen LogP contribution in [0.15, 0.2) is 24.4 Å². The maximum atomic E-state index is 4.27. The van der Waals surface area contributed by atoms with Crippen molar-refractivity contribution in [3.63, 3.8) is 0 Å². The van der Waals surface area contributed by atoms with Crippen molar-refractivity contribution in [1.29, 1.82) is 0 Å². The normalized spacial score (nSPS) is 13.7. The van der Waals surface area contributed by atoms with Gasteiger partial charge in [0.2, 0.25) is 0 Å². The highest BCUT2D eigenvalue weighted by Gasteiger charge is 2.10. The molecule has 3 rings (SSSR count). The molecular weight excluding hydrogens is 228 g/mol. The monoisotopic (exact) mass is 244 g/mol. The first kappa shape index (κ1) is 10.8. The predicted molar refractivity (Wildman–Crippen MR) is 72.6 cm³/mol. The first-order valence-electron chi connectivity index (χ1n) is 6.08. The Morgan fingerprint density at radius 3 is 3.00 bits per heavy atom. The average molecular weight is 244 g/mol. The van der Waals surface area contributed by atoms with Crippen molar-refractivity contribution >= 4 is 17.0 Å². The third-order valence-electron chi connectivity index (χ3n) is 3.23. The number of fused-ring (bicyclic) bond motifs is 1. The highest BCUT2D eigenvalue weighted by molar-refractivity contribution is 7.11. The summed E-state index contributed by atoms with van der Waals surface area (Å²) in [5.41, 5.74) is 4.29. The number of nitrogens with zero attached hydrogens (tertiary/aromatic N) is 1. The van der Waals surface area contributed by atoms with Gasteiger partial charge in [0.1, 0.15) is 0 Å². The Hall–Kier alpha value is -1.35.